The minimum atomic E-state index is -0.475. The fourth-order valence-electron chi connectivity index (χ4n) is 3.28. The van der Waals surface area contributed by atoms with E-state index in [0.29, 0.717) is 10.8 Å². The molecule has 2 aromatic heterocycles. The highest BCUT2D eigenvalue weighted by Gasteiger charge is 2.13. The number of non-ortho nitro benzene ring substituents is 1. The van der Waals surface area contributed by atoms with Crippen LogP contribution in [0.25, 0.3) is 10.2 Å². The molecule has 5 N–H and O–H groups in total. The Balaban J connectivity index is 1.35. The lowest BCUT2D eigenvalue weighted by Gasteiger charge is -2.13. The van der Waals surface area contributed by atoms with Gasteiger partial charge in [0, 0.05) is 23.5 Å². The summed E-state index contributed by atoms with van der Waals surface area (Å²) in [7, 11) is 0. The van der Waals surface area contributed by atoms with E-state index in [2.05, 4.69) is 46.5 Å². The molecule has 0 aliphatic carbocycles. The second kappa shape index (κ2) is 11.7. The third kappa shape index (κ3) is 6.92. The van der Waals surface area contributed by atoms with Crippen LogP contribution in [-0.2, 0) is 0 Å². The van der Waals surface area contributed by atoms with Crippen molar-refractivity contribution in [3.05, 3.63) is 89.0 Å². The van der Waals surface area contributed by atoms with Gasteiger partial charge in [-0.25, -0.2) is 4.98 Å². The lowest BCUT2D eigenvalue weighted by atomic mass is 10.3. The molecular weight excluding hydrogens is 557 g/mol. The molecule has 15 heteroatoms. The average Bonchev–Trinajstić information content (AvgIpc) is 3.31. The van der Waals surface area contributed by atoms with E-state index in [1.165, 1.54) is 23.5 Å². The number of nitrogens with zero attached hydrogens (tertiary/aromatic N) is 5. The minimum absolute atomic E-state index is 0.0294. The van der Waals surface area contributed by atoms with Crippen molar-refractivity contribution in [2.75, 3.05) is 26.6 Å². The van der Waals surface area contributed by atoms with Gasteiger partial charge in [-0.3, -0.25) is 15.4 Å². The lowest BCUT2D eigenvalue weighted by molar-refractivity contribution is -0.384. The summed E-state index contributed by atoms with van der Waals surface area (Å²) < 4.78 is 1.01. The SMILES string of the molecule is O=[N+]([O-])c1ccc(NC(=S)Nc2nc(NC(=S)Nc3ccccc3)nc(Nc3nc4ccccc4s3)n2)cc1. The largest absolute Gasteiger partial charge is 0.332 e. The molecule has 0 saturated carbocycles. The van der Waals surface area contributed by atoms with Gasteiger partial charge in [0.25, 0.3) is 5.69 Å². The Labute approximate surface area is 236 Å². The highest BCUT2D eigenvalue weighted by Crippen LogP contribution is 2.27. The quantitative estimate of drug-likeness (QED) is 0.0910. The van der Waals surface area contributed by atoms with Crippen molar-refractivity contribution < 1.29 is 4.92 Å². The van der Waals surface area contributed by atoms with E-state index in [9.17, 15) is 10.1 Å². The van der Waals surface area contributed by atoms with Crippen molar-refractivity contribution >= 4 is 96.3 Å². The molecule has 0 saturated heterocycles. The molecule has 0 aliphatic rings. The fourth-order valence-corrected chi connectivity index (χ4v) is 4.56. The molecule has 12 nitrogen and oxygen atoms in total. The number of nitrogens with one attached hydrogen (secondary N) is 5. The van der Waals surface area contributed by atoms with E-state index in [1.807, 2.05) is 54.6 Å². The van der Waals surface area contributed by atoms with Gasteiger partial charge in [-0.1, -0.05) is 41.7 Å². The van der Waals surface area contributed by atoms with Gasteiger partial charge in [0.15, 0.2) is 15.4 Å². The Morgan fingerprint density at radius 3 is 1.87 bits per heavy atom. The number of benzene rings is 3. The van der Waals surface area contributed by atoms with Crippen LogP contribution in [0.5, 0.6) is 0 Å². The number of thiocarbonyl (C=S) groups is 2. The van der Waals surface area contributed by atoms with Gasteiger partial charge in [-0.15, -0.1) is 0 Å². The maximum atomic E-state index is 10.9. The van der Waals surface area contributed by atoms with Crippen LogP contribution < -0.4 is 26.6 Å². The first kappa shape index (κ1) is 25.8. The molecule has 39 heavy (non-hydrogen) atoms. The first-order chi connectivity index (χ1) is 18.9. The molecule has 2 heterocycles. The van der Waals surface area contributed by atoms with Crippen LogP contribution in [0.3, 0.4) is 0 Å². The summed E-state index contributed by atoms with van der Waals surface area (Å²) in [4.78, 5) is 28.2. The van der Waals surface area contributed by atoms with Crippen molar-refractivity contribution in [2.45, 2.75) is 0 Å². The van der Waals surface area contributed by atoms with Gasteiger partial charge in [0.2, 0.25) is 17.8 Å². The molecule has 0 unspecified atom stereocenters. The van der Waals surface area contributed by atoms with E-state index in [1.54, 1.807) is 12.1 Å². The van der Waals surface area contributed by atoms with Crippen molar-refractivity contribution in [2.24, 2.45) is 0 Å². The molecule has 0 atom stereocenters. The Hall–Kier alpha value is -4.86. The normalized spacial score (nSPS) is 10.5. The van der Waals surface area contributed by atoms with Gasteiger partial charge in [0.1, 0.15) is 0 Å². The number of para-hydroxylation sites is 2. The molecule has 5 aromatic rings. The van der Waals surface area contributed by atoms with Crippen molar-refractivity contribution in [1.29, 1.82) is 0 Å². The summed E-state index contributed by atoms with van der Waals surface area (Å²) in [5.41, 5.74) is 2.16. The summed E-state index contributed by atoms with van der Waals surface area (Å²) >= 11 is 12.3. The third-order valence-electron chi connectivity index (χ3n) is 4.97. The predicted molar refractivity (Wildman–Crippen MR) is 162 cm³/mol. The number of thiazole rings is 1. The Kier molecular flexibility index (Phi) is 7.72. The van der Waals surface area contributed by atoms with Gasteiger partial charge >= 0.3 is 0 Å². The van der Waals surface area contributed by atoms with Crippen LogP contribution in [0.15, 0.2) is 78.9 Å². The van der Waals surface area contributed by atoms with E-state index in [4.69, 9.17) is 24.4 Å². The second-order valence-corrected chi connectivity index (χ2v) is 9.59. The number of anilines is 6. The highest BCUT2D eigenvalue weighted by molar-refractivity contribution is 7.81. The van der Waals surface area contributed by atoms with E-state index < -0.39 is 4.92 Å². The van der Waals surface area contributed by atoms with E-state index in [0.717, 1.165) is 15.9 Å². The Bertz CT molecular complexity index is 1630. The first-order valence-corrected chi connectivity index (χ1v) is 12.9. The summed E-state index contributed by atoms with van der Waals surface area (Å²) in [6, 6.07) is 23.0. The number of aromatic nitrogens is 4. The number of rotatable bonds is 7. The molecule has 3 aromatic carbocycles. The standard InChI is InChI=1S/C24H18N10O2S3/c35-34(36)16-12-10-15(11-13-16)26-23(38)32-20-28-19(31-22(37)25-14-6-2-1-3-7-14)29-21(30-20)33-24-27-17-8-4-5-9-18(17)39-24/h1-13H,(H5,25,26,27,28,29,30,31,32,33,37,38). The maximum absolute atomic E-state index is 10.9. The minimum Gasteiger partial charge on any atom is -0.332 e. The zero-order valence-electron chi connectivity index (χ0n) is 19.8. The summed E-state index contributed by atoms with van der Waals surface area (Å²) in [5, 5.41) is 26.9. The Morgan fingerprint density at radius 1 is 0.692 bits per heavy atom. The first-order valence-electron chi connectivity index (χ1n) is 11.3. The predicted octanol–water partition coefficient (Wildman–Crippen LogP) is 5.75. The number of hydrogen-bond acceptors (Lipinski definition) is 10. The highest BCUT2D eigenvalue weighted by atomic mass is 32.1. The van der Waals surface area contributed by atoms with Gasteiger partial charge in [-0.2, -0.15) is 15.0 Å². The number of nitro benzene ring substituents is 1. The van der Waals surface area contributed by atoms with Gasteiger partial charge in [0.05, 0.1) is 15.1 Å². The molecule has 0 radical (unpaired) electrons. The van der Waals surface area contributed by atoms with Crippen LogP contribution in [0, 0.1) is 10.1 Å². The van der Waals surface area contributed by atoms with E-state index >= 15 is 0 Å². The molecule has 0 aliphatic heterocycles. The summed E-state index contributed by atoms with van der Waals surface area (Å²) in [6.45, 7) is 0. The third-order valence-corrected chi connectivity index (χ3v) is 6.33. The van der Waals surface area contributed by atoms with Crippen molar-refractivity contribution in [1.82, 2.24) is 19.9 Å². The van der Waals surface area contributed by atoms with Gasteiger partial charge < -0.3 is 21.3 Å². The van der Waals surface area contributed by atoms with Crippen molar-refractivity contribution in [3.63, 3.8) is 0 Å². The Morgan fingerprint density at radius 2 is 1.26 bits per heavy atom. The van der Waals surface area contributed by atoms with Crippen LogP contribution in [-0.4, -0.2) is 35.1 Å². The van der Waals surface area contributed by atoms with E-state index in [-0.39, 0.29) is 33.8 Å². The van der Waals surface area contributed by atoms with Crippen LogP contribution in [0.1, 0.15) is 0 Å². The molecule has 0 amide bonds. The number of hydrogen-bond donors (Lipinski definition) is 5. The summed E-state index contributed by atoms with van der Waals surface area (Å²) in [6.07, 6.45) is 0. The zero-order valence-corrected chi connectivity index (χ0v) is 22.2. The van der Waals surface area contributed by atoms with Crippen molar-refractivity contribution in [3.8, 4) is 0 Å². The molecule has 0 spiro atoms. The molecule has 0 fully saturated rings. The van der Waals surface area contributed by atoms with Crippen LogP contribution in [0.4, 0.5) is 40.0 Å². The topological polar surface area (TPSA) is 155 Å². The smallest absolute Gasteiger partial charge is 0.269 e. The summed E-state index contributed by atoms with van der Waals surface area (Å²) in [5.74, 6) is 0.482. The second-order valence-electron chi connectivity index (χ2n) is 7.75. The molecule has 194 valence electrons. The molecule has 0 bridgehead atoms. The van der Waals surface area contributed by atoms with Crippen LogP contribution >= 0.6 is 35.8 Å². The zero-order chi connectivity index (χ0) is 27.2. The number of nitro groups is 1. The lowest BCUT2D eigenvalue weighted by Crippen LogP contribution is -2.24. The fraction of sp³-hybridized carbons (Fsp3) is 0. The molecule has 5 rings (SSSR count). The number of fused-ring (bicyclic) bond motifs is 1. The molecular formula is C24H18N10O2S3. The average molecular weight is 575 g/mol. The van der Waals surface area contributed by atoms with Gasteiger partial charge in [-0.05, 0) is 60.8 Å². The monoisotopic (exact) mass is 574 g/mol. The van der Waals surface area contributed by atoms with Crippen LogP contribution in [0.2, 0.25) is 0 Å². The maximum Gasteiger partial charge on any atom is 0.269 e.